The maximum Gasteiger partial charge on any atom is 0.339 e. The van der Waals surface area contributed by atoms with E-state index < -0.39 is 16.2 Å². The van der Waals surface area contributed by atoms with Crippen molar-refractivity contribution in [1.82, 2.24) is 9.29 Å². The Bertz CT molecular complexity index is 820. The molecular formula is C15H18N4O4S. The van der Waals surface area contributed by atoms with Gasteiger partial charge in [0.1, 0.15) is 5.82 Å². The summed E-state index contributed by atoms with van der Waals surface area (Å²) in [5.74, 6) is -0.00684. The van der Waals surface area contributed by atoms with E-state index in [0.717, 1.165) is 4.31 Å². The lowest BCUT2D eigenvalue weighted by atomic mass is 10.2. The SMILES string of the molecule is COC(=O)c1ccccc1Nc1ccc(NS(=O)(=O)N(C)C)cn1. The fourth-order valence-electron chi connectivity index (χ4n) is 1.79. The second-order valence-electron chi connectivity index (χ2n) is 4.98. The zero-order chi connectivity index (χ0) is 17.7. The summed E-state index contributed by atoms with van der Waals surface area (Å²) in [6.45, 7) is 0. The van der Waals surface area contributed by atoms with E-state index in [1.165, 1.54) is 27.4 Å². The molecular weight excluding hydrogens is 332 g/mol. The molecule has 0 radical (unpaired) electrons. The van der Waals surface area contributed by atoms with Crippen molar-refractivity contribution in [3.63, 3.8) is 0 Å². The first-order valence-electron chi connectivity index (χ1n) is 6.94. The van der Waals surface area contributed by atoms with Crippen LogP contribution >= 0.6 is 0 Å². The van der Waals surface area contributed by atoms with Crippen LogP contribution in [0.15, 0.2) is 42.6 Å². The normalized spacial score (nSPS) is 11.2. The number of pyridine rings is 1. The van der Waals surface area contributed by atoms with Crippen molar-refractivity contribution in [3.05, 3.63) is 48.2 Å². The van der Waals surface area contributed by atoms with Crippen molar-refractivity contribution >= 4 is 33.4 Å². The van der Waals surface area contributed by atoms with Gasteiger partial charge in [0.25, 0.3) is 0 Å². The van der Waals surface area contributed by atoms with Gasteiger partial charge in [-0.15, -0.1) is 0 Å². The minimum Gasteiger partial charge on any atom is -0.465 e. The lowest BCUT2D eigenvalue weighted by Crippen LogP contribution is -2.28. The van der Waals surface area contributed by atoms with Gasteiger partial charge in [-0.05, 0) is 24.3 Å². The van der Waals surface area contributed by atoms with E-state index in [4.69, 9.17) is 4.74 Å². The second kappa shape index (κ2) is 7.28. The summed E-state index contributed by atoms with van der Waals surface area (Å²) in [6.07, 6.45) is 1.38. The number of carbonyl (C=O) groups is 1. The molecule has 1 aromatic heterocycles. The van der Waals surface area contributed by atoms with Crippen LogP contribution in [0.2, 0.25) is 0 Å². The maximum absolute atomic E-state index is 11.7. The van der Waals surface area contributed by atoms with E-state index >= 15 is 0 Å². The molecule has 2 N–H and O–H groups in total. The molecule has 0 saturated heterocycles. The number of anilines is 3. The molecule has 0 unspecified atom stereocenters. The van der Waals surface area contributed by atoms with Crippen LogP contribution in [0.3, 0.4) is 0 Å². The number of para-hydroxylation sites is 1. The number of hydrogen-bond acceptors (Lipinski definition) is 6. The molecule has 24 heavy (non-hydrogen) atoms. The lowest BCUT2D eigenvalue weighted by molar-refractivity contribution is 0.0602. The molecule has 0 aliphatic rings. The first-order valence-corrected chi connectivity index (χ1v) is 8.38. The summed E-state index contributed by atoms with van der Waals surface area (Å²) in [6, 6.07) is 10.0. The first kappa shape index (κ1) is 17.7. The van der Waals surface area contributed by atoms with Crippen molar-refractivity contribution in [1.29, 1.82) is 0 Å². The highest BCUT2D eigenvalue weighted by molar-refractivity contribution is 7.90. The monoisotopic (exact) mass is 350 g/mol. The second-order valence-corrected chi connectivity index (χ2v) is 6.87. The third-order valence-electron chi connectivity index (χ3n) is 3.09. The number of methoxy groups -OCH3 is 1. The Labute approximate surface area is 140 Å². The predicted molar refractivity (Wildman–Crippen MR) is 91.5 cm³/mol. The van der Waals surface area contributed by atoms with Gasteiger partial charge in [0.15, 0.2) is 0 Å². The molecule has 0 atom stereocenters. The molecule has 0 amide bonds. The van der Waals surface area contributed by atoms with Gasteiger partial charge < -0.3 is 10.1 Å². The Kier molecular flexibility index (Phi) is 5.37. The average molecular weight is 350 g/mol. The molecule has 0 aliphatic carbocycles. The average Bonchev–Trinajstić information content (AvgIpc) is 2.56. The molecule has 128 valence electrons. The van der Waals surface area contributed by atoms with Crippen molar-refractivity contribution in [2.45, 2.75) is 0 Å². The topological polar surface area (TPSA) is 101 Å². The van der Waals surface area contributed by atoms with Crippen LogP contribution in [0.5, 0.6) is 0 Å². The Morgan fingerprint density at radius 3 is 2.46 bits per heavy atom. The molecule has 1 aromatic carbocycles. The highest BCUT2D eigenvalue weighted by Crippen LogP contribution is 2.21. The van der Waals surface area contributed by atoms with Crippen molar-refractivity contribution in [2.24, 2.45) is 0 Å². The summed E-state index contributed by atoms with van der Waals surface area (Å²) >= 11 is 0. The van der Waals surface area contributed by atoms with Gasteiger partial charge >= 0.3 is 16.2 Å². The lowest BCUT2D eigenvalue weighted by Gasteiger charge is -2.14. The van der Waals surface area contributed by atoms with Gasteiger partial charge in [-0.3, -0.25) is 4.72 Å². The number of nitrogens with zero attached hydrogens (tertiary/aromatic N) is 2. The van der Waals surface area contributed by atoms with Gasteiger partial charge in [0.2, 0.25) is 0 Å². The van der Waals surface area contributed by atoms with Crippen LogP contribution in [-0.2, 0) is 14.9 Å². The van der Waals surface area contributed by atoms with E-state index in [9.17, 15) is 13.2 Å². The largest absolute Gasteiger partial charge is 0.465 e. The fraction of sp³-hybridized carbons (Fsp3) is 0.200. The zero-order valence-electron chi connectivity index (χ0n) is 13.5. The van der Waals surface area contributed by atoms with Crippen LogP contribution in [0.25, 0.3) is 0 Å². The van der Waals surface area contributed by atoms with E-state index in [1.807, 2.05) is 0 Å². The number of benzene rings is 1. The Hall–Kier alpha value is -2.65. The van der Waals surface area contributed by atoms with Gasteiger partial charge in [-0.25, -0.2) is 9.78 Å². The number of rotatable bonds is 6. The molecule has 0 aliphatic heterocycles. The standard InChI is InChI=1S/C15H18N4O4S/c1-19(2)24(21,22)18-11-8-9-14(16-10-11)17-13-7-5-4-6-12(13)15(20)23-3/h4-10,18H,1-3H3,(H,16,17). The van der Waals surface area contributed by atoms with Crippen LogP contribution < -0.4 is 10.0 Å². The molecule has 2 aromatic rings. The summed E-state index contributed by atoms with van der Waals surface area (Å²) < 4.78 is 31.7. The highest BCUT2D eigenvalue weighted by Gasteiger charge is 2.14. The van der Waals surface area contributed by atoms with E-state index in [1.54, 1.807) is 36.4 Å². The van der Waals surface area contributed by atoms with Crippen LogP contribution in [0.1, 0.15) is 10.4 Å². The summed E-state index contributed by atoms with van der Waals surface area (Å²) in [4.78, 5) is 15.9. The van der Waals surface area contributed by atoms with Crippen LogP contribution in [0.4, 0.5) is 17.2 Å². The molecule has 0 spiro atoms. The van der Waals surface area contributed by atoms with Crippen molar-refractivity contribution in [2.75, 3.05) is 31.2 Å². The quantitative estimate of drug-likeness (QED) is 0.771. The predicted octanol–water partition coefficient (Wildman–Crippen LogP) is 1.83. The summed E-state index contributed by atoms with van der Waals surface area (Å²) in [7, 11) is 0.578. The molecule has 0 saturated carbocycles. The number of ether oxygens (including phenoxy) is 1. The smallest absolute Gasteiger partial charge is 0.339 e. The van der Waals surface area contributed by atoms with Gasteiger partial charge in [0.05, 0.1) is 30.2 Å². The minimum atomic E-state index is -3.58. The Morgan fingerprint density at radius 1 is 1.17 bits per heavy atom. The van der Waals surface area contributed by atoms with Crippen LogP contribution in [-0.4, -0.2) is 44.9 Å². The number of nitrogens with one attached hydrogen (secondary N) is 2. The Balaban J connectivity index is 2.17. The third kappa shape index (κ3) is 4.21. The van der Waals surface area contributed by atoms with Crippen molar-refractivity contribution < 1.29 is 17.9 Å². The molecule has 0 fully saturated rings. The number of esters is 1. The molecule has 0 bridgehead atoms. The zero-order valence-corrected chi connectivity index (χ0v) is 14.3. The highest BCUT2D eigenvalue weighted by atomic mass is 32.2. The molecule has 9 heteroatoms. The third-order valence-corrected chi connectivity index (χ3v) is 4.54. The number of carbonyl (C=O) groups excluding carboxylic acids is 1. The van der Waals surface area contributed by atoms with Gasteiger partial charge in [-0.2, -0.15) is 12.7 Å². The van der Waals surface area contributed by atoms with Gasteiger partial charge in [-0.1, -0.05) is 12.1 Å². The Morgan fingerprint density at radius 2 is 1.88 bits per heavy atom. The van der Waals surface area contributed by atoms with Crippen LogP contribution in [0, 0.1) is 0 Å². The van der Waals surface area contributed by atoms with E-state index in [-0.39, 0.29) is 0 Å². The number of hydrogen-bond donors (Lipinski definition) is 2. The molecule has 2 rings (SSSR count). The van der Waals surface area contributed by atoms with E-state index in [0.29, 0.717) is 22.8 Å². The van der Waals surface area contributed by atoms with Crippen molar-refractivity contribution in [3.8, 4) is 0 Å². The summed E-state index contributed by atoms with van der Waals surface area (Å²) in [5.41, 5.74) is 1.24. The van der Waals surface area contributed by atoms with E-state index in [2.05, 4.69) is 15.0 Å². The minimum absolute atomic E-state index is 0.329. The summed E-state index contributed by atoms with van der Waals surface area (Å²) in [5, 5.41) is 3.00. The first-order chi connectivity index (χ1) is 11.3. The molecule has 1 heterocycles. The van der Waals surface area contributed by atoms with Gasteiger partial charge in [0, 0.05) is 14.1 Å². The fourth-order valence-corrected chi connectivity index (χ4v) is 2.39. The number of aromatic nitrogens is 1. The molecule has 8 nitrogen and oxygen atoms in total. The maximum atomic E-state index is 11.7.